The van der Waals surface area contributed by atoms with Gasteiger partial charge in [0.15, 0.2) is 5.58 Å². The van der Waals surface area contributed by atoms with E-state index >= 15 is 4.39 Å². The molecule has 4 heterocycles. The number of oxazole rings is 1. The second-order valence-corrected chi connectivity index (χ2v) is 12.8. The van der Waals surface area contributed by atoms with Crippen LogP contribution in [0.5, 0.6) is 0 Å². The van der Waals surface area contributed by atoms with Crippen LogP contribution >= 0.6 is 0 Å². The molecule has 1 amide bonds. The number of nitrogens with one attached hydrogen (secondary N) is 1. The Balaban J connectivity index is 1.33. The van der Waals surface area contributed by atoms with Gasteiger partial charge in [0.25, 0.3) is 0 Å². The van der Waals surface area contributed by atoms with Crippen molar-refractivity contribution in [1.82, 2.24) is 19.8 Å². The SMILES string of the molecule is C[C@@H]1Cc2c([nH]c3ccccc23)[C@@H](c2ccc3oc(C4CN(C(=O)OC(C)(C)C)C4)nc3c2)N1CC(C)(C)F. The minimum Gasteiger partial charge on any atom is -0.444 e. The van der Waals surface area contributed by atoms with E-state index in [1.165, 1.54) is 10.9 Å². The zero-order chi connectivity index (χ0) is 27.7. The summed E-state index contributed by atoms with van der Waals surface area (Å²) in [7, 11) is 0. The lowest BCUT2D eigenvalue weighted by molar-refractivity contribution is 0.00620. The Kier molecular flexibility index (Phi) is 6.02. The number of rotatable bonds is 4. The Hall–Kier alpha value is -3.39. The molecule has 1 saturated heterocycles. The molecule has 39 heavy (non-hydrogen) atoms. The molecular formula is C31H37FN4O3. The molecule has 1 fully saturated rings. The average molecular weight is 533 g/mol. The second-order valence-electron chi connectivity index (χ2n) is 12.8. The minimum atomic E-state index is -1.34. The Morgan fingerprint density at radius 1 is 1.15 bits per heavy atom. The summed E-state index contributed by atoms with van der Waals surface area (Å²) in [6.07, 6.45) is 0.548. The van der Waals surface area contributed by atoms with E-state index in [4.69, 9.17) is 14.1 Å². The van der Waals surface area contributed by atoms with Crippen molar-refractivity contribution in [2.45, 2.75) is 77.2 Å². The van der Waals surface area contributed by atoms with E-state index < -0.39 is 11.3 Å². The molecule has 0 unspecified atom stereocenters. The lowest BCUT2D eigenvalue weighted by Crippen LogP contribution is -2.50. The van der Waals surface area contributed by atoms with E-state index in [-0.39, 0.29) is 24.1 Å². The number of halogens is 1. The van der Waals surface area contributed by atoms with Crippen molar-refractivity contribution in [3.63, 3.8) is 0 Å². The molecule has 2 aromatic carbocycles. The summed E-state index contributed by atoms with van der Waals surface area (Å²) in [4.78, 5) is 24.8. The maximum Gasteiger partial charge on any atom is 0.410 e. The second kappa shape index (κ2) is 9.08. The smallest absolute Gasteiger partial charge is 0.410 e. The standard InChI is InChI=1S/C31H37FN4O3/c1-18-13-22-21-9-7-8-10-23(21)33-26(22)27(36(18)17-31(5,6)32)19-11-12-25-24(14-19)34-28(38-25)20-15-35(16-20)29(37)39-30(2,3)4/h7-12,14,18,20,27,33H,13,15-17H2,1-6H3/t18-,27-/m1/s1. The van der Waals surface area contributed by atoms with E-state index in [1.54, 1.807) is 18.7 Å². The van der Waals surface area contributed by atoms with Crippen molar-refractivity contribution in [2.24, 2.45) is 0 Å². The monoisotopic (exact) mass is 532 g/mol. The summed E-state index contributed by atoms with van der Waals surface area (Å²) >= 11 is 0. The van der Waals surface area contributed by atoms with Crippen LogP contribution in [-0.2, 0) is 11.2 Å². The molecule has 2 aromatic heterocycles. The van der Waals surface area contributed by atoms with Crippen molar-refractivity contribution in [3.05, 3.63) is 65.2 Å². The van der Waals surface area contributed by atoms with Gasteiger partial charge in [-0.25, -0.2) is 14.2 Å². The number of alkyl halides is 1. The number of aromatic amines is 1. The van der Waals surface area contributed by atoms with Crippen molar-refractivity contribution in [2.75, 3.05) is 19.6 Å². The number of benzene rings is 2. The number of H-pyrrole nitrogens is 1. The number of likely N-dealkylation sites (tertiary alicyclic amines) is 1. The molecule has 206 valence electrons. The third-order valence-electron chi connectivity index (χ3n) is 7.70. The summed E-state index contributed by atoms with van der Waals surface area (Å²) in [5.41, 5.74) is 4.19. The van der Waals surface area contributed by atoms with E-state index in [9.17, 15) is 4.79 Å². The van der Waals surface area contributed by atoms with Gasteiger partial charge in [-0.3, -0.25) is 4.90 Å². The first-order chi connectivity index (χ1) is 18.4. The van der Waals surface area contributed by atoms with Crippen LogP contribution in [0.1, 0.15) is 76.2 Å². The van der Waals surface area contributed by atoms with Gasteiger partial charge in [-0.05, 0) is 77.3 Å². The van der Waals surface area contributed by atoms with Gasteiger partial charge in [-0.2, -0.15) is 0 Å². The summed E-state index contributed by atoms with van der Waals surface area (Å²) in [5.74, 6) is 0.666. The van der Waals surface area contributed by atoms with Gasteiger partial charge < -0.3 is 19.0 Å². The molecule has 2 aliphatic heterocycles. The summed E-state index contributed by atoms with van der Waals surface area (Å²) in [5, 5.41) is 1.23. The maximum absolute atomic E-state index is 15.1. The first kappa shape index (κ1) is 25.9. The molecule has 0 saturated carbocycles. The Morgan fingerprint density at radius 3 is 2.62 bits per heavy atom. The molecule has 1 N–H and O–H groups in total. The Morgan fingerprint density at radius 2 is 1.90 bits per heavy atom. The third-order valence-corrected chi connectivity index (χ3v) is 7.70. The molecule has 6 rings (SSSR count). The van der Waals surface area contributed by atoms with Gasteiger partial charge in [0.05, 0.1) is 12.0 Å². The van der Waals surface area contributed by atoms with Crippen LogP contribution in [0.25, 0.3) is 22.0 Å². The molecule has 0 aliphatic carbocycles. The van der Waals surface area contributed by atoms with Crippen molar-refractivity contribution < 1.29 is 18.3 Å². The van der Waals surface area contributed by atoms with E-state index in [1.807, 2.05) is 32.9 Å². The van der Waals surface area contributed by atoms with E-state index in [2.05, 4.69) is 47.1 Å². The summed E-state index contributed by atoms with van der Waals surface area (Å²) in [6, 6.07) is 14.5. The Labute approximate surface area is 228 Å². The number of hydrogen-bond donors (Lipinski definition) is 1. The largest absolute Gasteiger partial charge is 0.444 e. The summed E-state index contributed by atoms with van der Waals surface area (Å²) in [6.45, 7) is 12.4. The molecule has 0 bridgehead atoms. The highest BCUT2D eigenvalue weighted by molar-refractivity contribution is 5.85. The minimum absolute atomic E-state index is 0.0345. The van der Waals surface area contributed by atoms with Crippen LogP contribution in [0.2, 0.25) is 0 Å². The van der Waals surface area contributed by atoms with Gasteiger partial charge in [0.1, 0.15) is 16.8 Å². The predicted molar refractivity (Wildman–Crippen MR) is 150 cm³/mol. The molecule has 2 atom stereocenters. The number of amides is 1. The third kappa shape index (κ3) is 4.91. The highest BCUT2D eigenvalue weighted by Crippen LogP contribution is 2.42. The molecule has 0 spiro atoms. The van der Waals surface area contributed by atoms with Crippen molar-refractivity contribution in [1.29, 1.82) is 0 Å². The van der Waals surface area contributed by atoms with Crippen molar-refractivity contribution >= 4 is 28.1 Å². The average Bonchev–Trinajstić information content (AvgIpc) is 3.37. The van der Waals surface area contributed by atoms with E-state index in [0.29, 0.717) is 31.1 Å². The fourth-order valence-corrected chi connectivity index (χ4v) is 5.96. The van der Waals surface area contributed by atoms with Crippen LogP contribution in [0.15, 0.2) is 46.9 Å². The first-order valence-electron chi connectivity index (χ1n) is 13.8. The molecule has 4 aromatic rings. The number of aromatic nitrogens is 2. The van der Waals surface area contributed by atoms with Gasteiger partial charge >= 0.3 is 6.09 Å². The molecule has 2 aliphatic rings. The fourth-order valence-electron chi connectivity index (χ4n) is 5.96. The van der Waals surface area contributed by atoms with Crippen LogP contribution in [-0.4, -0.2) is 62.8 Å². The lowest BCUT2D eigenvalue weighted by Gasteiger charge is -2.43. The highest BCUT2D eigenvalue weighted by atomic mass is 19.1. The van der Waals surface area contributed by atoms with E-state index in [0.717, 1.165) is 28.7 Å². The predicted octanol–water partition coefficient (Wildman–Crippen LogP) is 6.73. The van der Waals surface area contributed by atoms with Gasteiger partial charge in [0, 0.05) is 42.3 Å². The quantitative estimate of drug-likeness (QED) is 0.316. The maximum atomic E-state index is 15.1. The molecule has 8 heteroatoms. The number of para-hydroxylation sites is 1. The van der Waals surface area contributed by atoms with Crippen LogP contribution in [0.4, 0.5) is 9.18 Å². The molecule has 7 nitrogen and oxygen atoms in total. The van der Waals surface area contributed by atoms with Crippen LogP contribution in [0.3, 0.4) is 0 Å². The topological polar surface area (TPSA) is 74.6 Å². The highest BCUT2D eigenvalue weighted by Gasteiger charge is 2.40. The number of carbonyl (C=O) groups excluding carboxylic acids is 1. The van der Waals surface area contributed by atoms with Crippen molar-refractivity contribution in [3.8, 4) is 0 Å². The molecular weight excluding hydrogens is 495 g/mol. The molecule has 0 radical (unpaired) electrons. The normalized spacial score (nSPS) is 20.8. The fraction of sp³-hybridized carbons (Fsp3) is 0.484. The zero-order valence-corrected chi connectivity index (χ0v) is 23.5. The number of hydrogen-bond acceptors (Lipinski definition) is 5. The van der Waals surface area contributed by atoms with Crippen LogP contribution in [0, 0.1) is 0 Å². The lowest BCUT2D eigenvalue weighted by atomic mass is 9.87. The number of ether oxygens (including phenoxy) is 1. The first-order valence-corrected chi connectivity index (χ1v) is 13.8. The van der Waals surface area contributed by atoms with Gasteiger partial charge in [-0.1, -0.05) is 24.3 Å². The van der Waals surface area contributed by atoms with Gasteiger partial charge in [0.2, 0.25) is 5.89 Å². The van der Waals surface area contributed by atoms with Gasteiger partial charge in [-0.15, -0.1) is 0 Å². The summed E-state index contributed by atoms with van der Waals surface area (Å²) < 4.78 is 26.7. The Bertz CT molecular complexity index is 1540. The number of carbonyl (C=O) groups is 1. The van der Waals surface area contributed by atoms with Crippen LogP contribution < -0.4 is 0 Å². The number of nitrogens with zero attached hydrogens (tertiary/aromatic N) is 3. The zero-order valence-electron chi connectivity index (χ0n) is 23.5. The number of fused-ring (bicyclic) bond motifs is 4.